The van der Waals surface area contributed by atoms with Crippen molar-refractivity contribution in [1.82, 2.24) is 4.90 Å². The molecule has 0 aromatic heterocycles. The smallest absolute Gasteiger partial charge is 0.227 e. The highest BCUT2D eigenvalue weighted by Gasteiger charge is 2.27. The van der Waals surface area contributed by atoms with E-state index in [4.69, 9.17) is 0 Å². The Kier molecular flexibility index (Phi) is 6.73. The fraction of sp³-hybridized carbons (Fsp3) is 0.440. The zero-order valence-corrected chi connectivity index (χ0v) is 17.8. The maximum Gasteiger partial charge on any atom is 0.227 e. The Morgan fingerprint density at radius 2 is 1.59 bits per heavy atom. The molecular formula is C25H32N2O2. The first-order chi connectivity index (χ1) is 13.8. The zero-order chi connectivity index (χ0) is 20.9. The average Bonchev–Trinajstić information content (AvgIpc) is 2.72. The predicted octanol–water partition coefficient (Wildman–Crippen LogP) is 4.79. The number of benzene rings is 2. The van der Waals surface area contributed by atoms with Crippen LogP contribution in [0.15, 0.2) is 54.6 Å². The van der Waals surface area contributed by atoms with Crippen molar-refractivity contribution in [3.8, 4) is 0 Å². The summed E-state index contributed by atoms with van der Waals surface area (Å²) in [7, 11) is 0. The normalized spacial score (nSPS) is 15.2. The maximum absolute atomic E-state index is 12.6. The first kappa shape index (κ1) is 21.1. The van der Waals surface area contributed by atoms with Gasteiger partial charge < -0.3 is 10.2 Å². The molecule has 2 aromatic carbocycles. The molecule has 1 fully saturated rings. The second-order valence-corrected chi connectivity index (χ2v) is 8.96. The lowest BCUT2D eigenvalue weighted by molar-refractivity contribution is -0.134. The second kappa shape index (κ2) is 9.25. The van der Waals surface area contributed by atoms with Gasteiger partial charge in [0.15, 0.2) is 0 Å². The monoisotopic (exact) mass is 392 g/mol. The predicted molar refractivity (Wildman–Crippen MR) is 118 cm³/mol. The van der Waals surface area contributed by atoms with E-state index < -0.39 is 0 Å². The van der Waals surface area contributed by atoms with Gasteiger partial charge in [0.25, 0.3) is 0 Å². The van der Waals surface area contributed by atoms with Gasteiger partial charge in [0.1, 0.15) is 0 Å². The number of rotatable bonds is 5. The SMILES string of the molecule is CC(C)(C)c1ccc(CCC(=O)N2CCC(C(=O)Nc3ccccc3)CC2)cc1. The molecule has 4 heteroatoms. The molecule has 1 heterocycles. The molecule has 1 aliphatic heterocycles. The van der Waals surface area contributed by atoms with E-state index in [-0.39, 0.29) is 23.1 Å². The van der Waals surface area contributed by atoms with Gasteiger partial charge in [0.05, 0.1) is 0 Å². The highest BCUT2D eigenvalue weighted by molar-refractivity contribution is 5.92. The fourth-order valence-electron chi connectivity index (χ4n) is 3.74. The zero-order valence-electron chi connectivity index (χ0n) is 17.8. The molecule has 2 aromatic rings. The Balaban J connectivity index is 1.43. The van der Waals surface area contributed by atoms with Gasteiger partial charge in [-0.2, -0.15) is 0 Å². The Morgan fingerprint density at radius 3 is 2.17 bits per heavy atom. The summed E-state index contributed by atoms with van der Waals surface area (Å²) < 4.78 is 0. The number of anilines is 1. The summed E-state index contributed by atoms with van der Waals surface area (Å²) in [5.41, 5.74) is 3.48. The molecule has 0 aliphatic carbocycles. The lowest BCUT2D eigenvalue weighted by atomic mass is 9.86. The standard InChI is InChI=1S/C25H32N2O2/c1-25(2,3)21-12-9-19(10-13-21)11-14-23(28)27-17-15-20(16-18-27)24(29)26-22-7-5-4-6-8-22/h4-10,12-13,20H,11,14-18H2,1-3H3,(H,26,29). The van der Waals surface area contributed by atoms with Crippen LogP contribution in [0.1, 0.15) is 51.2 Å². The van der Waals surface area contributed by atoms with Crippen LogP contribution in [-0.2, 0) is 21.4 Å². The van der Waals surface area contributed by atoms with Crippen LogP contribution in [0, 0.1) is 5.92 Å². The van der Waals surface area contributed by atoms with E-state index in [1.807, 2.05) is 35.2 Å². The van der Waals surface area contributed by atoms with E-state index in [1.165, 1.54) is 11.1 Å². The number of piperidine rings is 1. The van der Waals surface area contributed by atoms with Crippen molar-refractivity contribution in [3.63, 3.8) is 0 Å². The van der Waals surface area contributed by atoms with Crippen LogP contribution in [-0.4, -0.2) is 29.8 Å². The van der Waals surface area contributed by atoms with Gasteiger partial charge in [-0.1, -0.05) is 63.2 Å². The summed E-state index contributed by atoms with van der Waals surface area (Å²) in [5, 5.41) is 2.97. The minimum atomic E-state index is -0.0239. The summed E-state index contributed by atoms with van der Waals surface area (Å²) in [5.74, 6) is 0.221. The van der Waals surface area contributed by atoms with Crippen LogP contribution in [0.3, 0.4) is 0 Å². The first-order valence-electron chi connectivity index (χ1n) is 10.6. The van der Waals surface area contributed by atoms with E-state index in [1.54, 1.807) is 0 Å². The third kappa shape index (κ3) is 5.93. The van der Waals surface area contributed by atoms with Crippen molar-refractivity contribution in [3.05, 3.63) is 65.7 Å². The largest absolute Gasteiger partial charge is 0.343 e. The molecule has 0 spiro atoms. The number of amides is 2. The lowest BCUT2D eigenvalue weighted by Gasteiger charge is -2.31. The van der Waals surface area contributed by atoms with Crippen molar-refractivity contribution in [1.29, 1.82) is 0 Å². The van der Waals surface area contributed by atoms with Gasteiger partial charge in [-0.05, 0) is 47.9 Å². The third-order valence-corrected chi connectivity index (χ3v) is 5.71. The van der Waals surface area contributed by atoms with Crippen LogP contribution in [0.4, 0.5) is 5.69 Å². The summed E-state index contributed by atoms with van der Waals surface area (Å²) in [4.78, 5) is 26.9. The highest BCUT2D eigenvalue weighted by atomic mass is 16.2. The molecule has 1 saturated heterocycles. The minimum absolute atomic E-state index is 0.0239. The van der Waals surface area contributed by atoms with Crippen molar-refractivity contribution in [2.75, 3.05) is 18.4 Å². The van der Waals surface area contributed by atoms with E-state index in [2.05, 4.69) is 50.4 Å². The van der Waals surface area contributed by atoms with Gasteiger partial charge in [-0.15, -0.1) is 0 Å². The molecule has 0 bridgehead atoms. The molecule has 29 heavy (non-hydrogen) atoms. The van der Waals surface area contributed by atoms with E-state index >= 15 is 0 Å². The number of aryl methyl sites for hydroxylation is 1. The fourth-order valence-corrected chi connectivity index (χ4v) is 3.74. The van der Waals surface area contributed by atoms with Crippen LogP contribution < -0.4 is 5.32 Å². The van der Waals surface area contributed by atoms with Crippen LogP contribution in [0.5, 0.6) is 0 Å². The Morgan fingerprint density at radius 1 is 0.966 bits per heavy atom. The van der Waals surface area contributed by atoms with Gasteiger partial charge in [0.2, 0.25) is 11.8 Å². The van der Waals surface area contributed by atoms with Crippen molar-refractivity contribution < 1.29 is 9.59 Å². The average molecular weight is 393 g/mol. The summed E-state index contributed by atoms with van der Waals surface area (Å²) in [6.45, 7) is 7.93. The van der Waals surface area contributed by atoms with Crippen LogP contribution in [0.2, 0.25) is 0 Å². The molecule has 0 atom stereocenters. The first-order valence-corrected chi connectivity index (χ1v) is 10.6. The quantitative estimate of drug-likeness (QED) is 0.795. The molecule has 4 nitrogen and oxygen atoms in total. The lowest BCUT2D eigenvalue weighted by Crippen LogP contribution is -2.41. The van der Waals surface area contributed by atoms with Gasteiger partial charge in [-0.25, -0.2) is 0 Å². The van der Waals surface area contributed by atoms with Crippen molar-refractivity contribution in [2.45, 2.75) is 51.9 Å². The number of carbonyl (C=O) groups is 2. The molecule has 154 valence electrons. The Labute approximate surface area is 174 Å². The molecule has 0 saturated carbocycles. The van der Waals surface area contributed by atoms with Gasteiger partial charge >= 0.3 is 0 Å². The molecular weight excluding hydrogens is 360 g/mol. The summed E-state index contributed by atoms with van der Waals surface area (Å²) >= 11 is 0. The third-order valence-electron chi connectivity index (χ3n) is 5.71. The number of para-hydroxylation sites is 1. The van der Waals surface area contributed by atoms with E-state index in [0.29, 0.717) is 19.5 Å². The molecule has 3 rings (SSSR count). The number of nitrogens with one attached hydrogen (secondary N) is 1. The second-order valence-electron chi connectivity index (χ2n) is 8.96. The van der Waals surface area contributed by atoms with Crippen molar-refractivity contribution >= 4 is 17.5 Å². The molecule has 2 amide bonds. The van der Waals surface area contributed by atoms with E-state index in [9.17, 15) is 9.59 Å². The van der Waals surface area contributed by atoms with Gasteiger partial charge in [0, 0.05) is 31.1 Å². The Bertz CT molecular complexity index is 814. The number of carbonyl (C=O) groups excluding carboxylic acids is 2. The number of hydrogen-bond donors (Lipinski definition) is 1. The van der Waals surface area contributed by atoms with Crippen LogP contribution in [0.25, 0.3) is 0 Å². The highest BCUT2D eigenvalue weighted by Crippen LogP contribution is 2.23. The van der Waals surface area contributed by atoms with E-state index in [0.717, 1.165) is 24.9 Å². The summed E-state index contributed by atoms with van der Waals surface area (Å²) in [6, 6.07) is 18.1. The molecule has 0 unspecified atom stereocenters. The molecule has 1 N–H and O–H groups in total. The number of hydrogen-bond acceptors (Lipinski definition) is 2. The minimum Gasteiger partial charge on any atom is -0.343 e. The van der Waals surface area contributed by atoms with Gasteiger partial charge in [-0.3, -0.25) is 9.59 Å². The summed E-state index contributed by atoms with van der Waals surface area (Å²) in [6.07, 6.45) is 2.74. The topological polar surface area (TPSA) is 49.4 Å². The number of likely N-dealkylation sites (tertiary alicyclic amines) is 1. The Hall–Kier alpha value is -2.62. The maximum atomic E-state index is 12.6. The van der Waals surface area contributed by atoms with Crippen molar-refractivity contribution in [2.24, 2.45) is 5.92 Å². The van der Waals surface area contributed by atoms with Crippen LogP contribution >= 0.6 is 0 Å². The number of nitrogens with zero attached hydrogens (tertiary/aromatic N) is 1. The molecule has 1 aliphatic rings. The molecule has 0 radical (unpaired) electrons.